The van der Waals surface area contributed by atoms with Crippen molar-refractivity contribution in [2.45, 2.75) is 6.92 Å². The van der Waals surface area contributed by atoms with Gasteiger partial charge >= 0.3 is 0 Å². The Hall–Kier alpha value is -0.130. The molecule has 0 aliphatic heterocycles. The fraction of sp³-hybridized carbons (Fsp3) is 0.222. The minimum absolute atomic E-state index is 0.909. The van der Waals surface area contributed by atoms with Crippen LogP contribution in [0.5, 0.6) is 0 Å². The molecule has 0 fully saturated rings. The molecule has 0 atom stereocenters. The van der Waals surface area contributed by atoms with Gasteiger partial charge in [-0.05, 0) is 44.8 Å². The van der Waals surface area contributed by atoms with Crippen LogP contribution < -0.4 is 0 Å². The monoisotopic (exact) mass is 334 g/mol. The highest BCUT2D eigenvalue weighted by atomic mass is 79.9. The van der Waals surface area contributed by atoms with Crippen LogP contribution in [0.25, 0.3) is 10.6 Å². The van der Waals surface area contributed by atoms with E-state index in [0.717, 1.165) is 20.6 Å². The summed E-state index contributed by atoms with van der Waals surface area (Å²) in [7, 11) is 2.02. The third-order valence-electron chi connectivity index (χ3n) is 2.08. The number of imidazole rings is 1. The van der Waals surface area contributed by atoms with Gasteiger partial charge in [-0.3, -0.25) is 0 Å². The molecule has 14 heavy (non-hydrogen) atoms. The van der Waals surface area contributed by atoms with E-state index in [1.54, 1.807) is 11.3 Å². The van der Waals surface area contributed by atoms with Crippen LogP contribution in [0.2, 0.25) is 0 Å². The van der Waals surface area contributed by atoms with Crippen molar-refractivity contribution in [3.8, 4) is 10.6 Å². The van der Waals surface area contributed by atoms with Crippen molar-refractivity contribution in [2.24, 2.45) is 7.05 Å². The Morgan fingerprint density at radius 1 is 1.43 bits per heavy atom. The molecule has 2 nitrogen and oxygen atoms in total. The summed E-state index contributed by atoms with van der Waals surface area (Å²) in [6, 6.07) is 2.10. The number of rotatable bonds is 1. The molecule has 0 aliphatic carbocycles. The van der Waals surface area contributed by atoms with Crippen molar-refractivity contribution in [3.63, 3.8) is 0 Å². The van der Waals surface area contributed by atoms with E-state index in [9.17, 15) is 0 Å². The largest absolute Gasteiger partial charge is 0.330 e. The van der Waals surface area contributed by atoms with Gasteiger partial charge in [0.25, 0.3) is 0 Å². The number of aryl methyl sites for hydroxylation is 1. The second kappa shape index (κ2) is 3.79. The molecule has 0 amide bonds. The molecule has 0 spiro atoms. The summed E-state index contributed by atoms with van der Waals surface area (Å²) in [6.07, 6.45) is 0. The highest BCUT2D eigenvalue weighted by molar-refractivity contribution is 9.10. The summed E-state index contributed by atoms with van der Waals surface area (Å²) in [5, 5.41) is 2.07. The van der Waals surface area contributed by atoms with Crippen molar-refractivity contribution in [2.75, 3.05) is 0 Å². The zero-order valence-corrected chi connectivity index (χ0v) is 11.7. The Bertz CT molecular complexity index is 473. The lowest BCUT2D eigenvalue weighted by molar-refractivity contribution is 0.866. The van der Waals surface area contributed by atoms with E-state index < -0.39 is 0 Å². The molecular formula is C9H8Br2N2S. The van der Waals surface area contributed by atoms with Gasteiger partial charge in [0, 0.05) is 16.9 Å². The normalized spacial score (nSPS) is 10.9. The molecule has 0 unspecified atom stereocenters. The number of thiophene rings is 1. The van der Waals surface area contributed by atoms with Crippen molar-refractivity contribution in [3.05, 3.63) is 26.3 Å². The van der Waals surface area contributed by atoms with Gasteiger partial charge in [0.2, 0.25) is 0 Å². The molecule has 0 radical (unpaired) electrons. The van der Waals surface area contributed by atoms with E-state index in [1.165, 1.54) is 4.88 Å². The fourth-order valence-electron chi connectivity index (χ4n) is 1.27. The van der Waals surface area contributed by atoms with Gasteiger partial charge in [-0.25, -0.2) is 4.98 Å². The van der Waals surface area contributed by atoms with Gasteiger partial charge in [-0.1, -0.05) is 0 Å². The third kappa shape index (κ3) is 1.68. The summed E-state index contributed by atoms with van der Waals surface area (Å²) in [6.45, 7) is 2.00. The Morgan fingerprint density at radius 2 is 2.14 bits per heavy atom. The quantitative estimate of drug-likeness (QED) is 0.770. The lowest BCUT2D eigenvalue weighted by Gasteiger charge is -2.00. The molecule has 2 rings (SSSR count). The Labute approximate surface area is 103 Å². The first-order valence-corrected chi connectivity index (χ1v) is 6.49. The van der Waals surface area contributed by atoms with Crippen molar-refractivity contribution in [1.82, 2.24) is 9.55 Å². The smallest absolute Gasteiger partial charge is 0.133 e. The minimum Gasteiger partial charge on any atom is -0.330 e. The first-order valence-electron chi connectivity index (χ1n) is 4.03. The molecule has 2 aromatic rings. The standard InChI is InChI=1S/C9H8Br2N2S/c1-5-12-9(11)8(13(5)2)7-3-6(10)4-14-7/h3-4H,1-2H3. The lowest BCUT2D eigenvalue weighted by Crippen LogP contribution is -1.92. The maximum absolute atomic E-state index is 4.37. The SMILES string of the molecule is Cc1nc(Br)c(-c2cc(Br)cs2)n1C. The van der Waals surface area contributed by atoms with Gasteiger partial charge in [0.1, 0.15) is 10.4 Å². The van der Waals surface area contributed by atoms with Crippen LogP contribution >= 0.6 is 43.2 Å². The maximum atomic E-state index is 4.37. The lowest BCUT2D eigenvalue weighted by atomic mass is 10.4. The fourth-order valence-corrected chi connectivity index (χ4v) is 3.65. The van der Waals surface area contributed by atoms with E-state index in [2.05, 4.69) is 52.9 Å². The minimum atomic E-state index is 0.909. The van der Waals surface area contributed by atoms with E-state index >= 15 is 0 Å². The summed E-state index contributed by atoms with van der Waals surface area (Å²) in [5.74, 6) is 1.01. The molecule has 5 heteroatoms. The molecule has 0 bridgehead atoms. The predicted molar refractivity (Wildman–Crippen MR) is 66.7 cm³/mol. The van der Waals surface area contributed by atoms with Crippen LogP contribution in [-0.4, -0.2) is 9.55 Å². The molecule has 0 N–H and O–H groups in total. The van der Waals surface area contributed by atoms with Crippen LogP contribution in [0.3, 0.4) is 0 Å². The highest BCUT2D eigenvalue weighted by Crippen LogP contribution is 2.34. The van der Waals surface area contributed by atoms with Gasteiger partial charge in [-0.15, -0.1) is 11.3 Å². The highest BCUT2D eigenvalue weighted by Gasteiger charge is 2.13. The van der Waals surface area contributed by atoms with Gasteiger partial charge in [0.05, 0.1) is 10.6 Å². The first-order chi connectivity index (χ1) is 6.59. The summed E-state index contributed by atoms with van der Waals surface area (Å²) < 4.78 is 4.11. The molecule has 0 aliphatic rings. The molecular weight excluding hydrogens is 328 g/mol. The van der Waals surface area contributed by atoms with Crippen LogP contribution in [0, 0.1) is 6.92 Å². The Kier molecular flexibility index (Phi) is 2.81. The third-order valence-corrected chi connectivity index (χ3v) is 4.33. The van der Waals surface area contributed by atoms with E-state index in [1.807, 2.05) is 14.0 Å². The molecule has 0 aromatic carbocycles. The first kappa shape index (κ1) is 10.4. The number of aromatic nitrogens is 2. The van der Waals surface area contributed by atoms with Crippen molar-refractivity contribution >= 4 is 43.2 Å². The van der Waals surface area contributed by atoms with Crippen LogP contribution in [-0.2, 0) is 7.05 Å². The van der Waals surface area contributed by atoms with Crippen molar-refractivity contribution in [1.29, 1.82) is 0 Å². The zero-order chi connectivity index (χ0) is 10.3. The molecule has 0 saturated carbocycles. The topological polar surface area (TPSA) is 17.8 Å². The second-order valence-electron chi connectivity index (χ2n) is 2.99. The van der Waals surface area contributed by atoms with Crippen molar-refractivity contribution < 1.29 is 0 Å². The summed E-state index contributed by atoms with van der Waals surface area (Å²) in [5.41, 5.74) is 1.14. The van der Waals surface area contributed by atoms with Crippen LogP contribution in [0.4, 0.5) is 0 Å². The van der Waals surface area contributed by atoms with E-state index in [0.29, 0.717) is 0 Å². The van der Waals surface area contributed by atoms with Crippen LogP contribution in [0.15, 0.2) is 20.5 Å². The molecule has 74 valence electrons. The number of nitrogens with zero attached hydrogens (tertiary/aromatic N) is 2. The van der Waals surface area contributed by atoms with Gasteiger partial charge in [0.15, 0.2) is 0 Å². The Balaban J connectivity index is 2.61. The van der Waals surface area contributed by atoms with Crippen LogP contribution in [0.1, 0.15) is 5.82 Å². The summed E-state index contributed by atoms with van der Waals surface area (Å²) >= 11 is 8.63. The molecule has 2 heterocycles. The molecule has 0 saturated heterocycles. The number of hydrogen-bond donors (Lipinski definition) is 0. The maximum Gasteiger partial charge on any atom is 0.133 e. The predicted octanol–water partition coefficient (Wildman–Crippen LogP) is 3.98. The Morgan fingerprint density at radius 3 is 2.57 bits per heavy atom. The zero-order valence-electron chi connectivity index (χ0n) is 7.71. The number of halogens is 2. The summed E-state index contributed by atoms with van der Waals surface area (Å²) in [4.78, 5) is 5.58. The average molecular weight is 336 g/mol. The van der Waals surface area contributed by atoms with E-state index in [4.69, 9.17) is 0 Å². The van der Waals surface area contributed by atoms with Gasteiger partial charge in [-0.2, -0.15) is 0 Å². The van der Waals surface area contributed by atoms with E-state index in [-0.39, 0.29) is 0 Å². The number of hydrogen-bond acceptors (Lipinski definition) is 2. The van der Waals surface area contributed by atoms with Gasteiger partial charge < -0.3 is 4.57 Å². The average Bonchev–Trinajstić information content (AvgIpc) is 2.60. The molecule has 2 aromatic heterocycles. The second-order valence-corrected chi connectivity index (χ2v) is 5.56.